The summed E-state index contributed by atoms with van der Waals surface area (Å²) in [7, 11) is 3.17. The second-order valence-corrected chi connectivity index (χ2v) is 5.84. The zero-order chi connectivity index (χ0) is 15.9. The Hall–Kier alpha value is -1.73. The van der Waals surface area contributed by atoms with E-state index in [0.717, 1.165) is 11.3 Å². The minimum atomic E-state index is -0.197. The zero-order valence-electron chi connectivity index (χ0n) is 12.7. The average Bonchev–Trinajstić information content (AvgIpc) is 2.88. The lowest BCUT2D eigenvalue weighted by Gasteiger charge is -2.24. The Morgan fingerprint density at radius 3 is 2.91 bits per heavy atom. The summed E-state index contributed by atoms with van der Waals surface area (Å²) in [6.45, 7) is 0.923. The second-order valence-electron chi connectivity index (χ2n) is 4.77. The molecule has 0 spiro atoms. The van der Waals surface area contributed by atoms with Crippen molar-refractivity contribution in [1.29, 1.82) is 0 Å². The number of carbonyl (C=O) groups is 2. The van der Waals surface area contributed by atoms with E-state index in [2.05, 4.69) is 5.32 Å². The largest absolute Gasteiger partial charge is 0.496 e. The minimum absolute atomic E-state index is 0.0391. The summed E-state index contributed by atoms with van der Waals surface area (Å²) in [5, 5.41) is 2.54. The van der Waals surface area contributed by atoms with Crippen LogP contribution in [0.5, 0.6) is 5.75 Å². The van der Waals surface area contributed by atoms with Gasteiger partial charge < -0.3 is 19.7 Å². The van der Waals surface area contributed by atoms with Crippen LogP contribution in [0.4, 0.5) is 0 Å². The number of para-hydroxylation sites is 1. The van der Waals surface area contributed by atoms with Crippen molar-refractivity contribution in [2.75, 3.05) is 39.7 Å². The highest BCUT2D eigenvalue weighted by Gasteiger charge is 2.35. The quantitative estimate of drug-likeness (QED) is 0.759. The Labute approximate surface area is 134 Å². The third kappa shape index (κ3) is 3.92. The van der Waals surface area contributed by atoms with Crippen LogP contribution in [0.25, 0.3) is 0 Å². The maximum atomic E-state index is 12.1. The maximum Gasteiger partial charge on any atom is 0.239 e. The van der Waals surface area contributed by atoms with Crippen LogP contribution >= 0.6 is 11.8 Å². The van der Waals surface area contributed by atoms with Crippen LogP contribution in [0.3, 0.4) is 0 Å². The van der Waals surface area contributed by atoms with Crippen molar-refractivity contribution in [1.82, 2.24) is 10.2 Å². The van der Waals surface area contributed by atoms with E-state index in [9.17, 15) is 9.59 Å². The molecule has 0 bridgehead atoms. The van der Waals surface area contributed by atoms with Crippen LogP contribution in [-0.4, -0.2) is 56.4 Å². The van der Waals surface area contributed by atoms with Gasteiger partial charge in [0.05, 0.1) is 19.5 Å². The van der Waals surface area contributed by atoms with E-state index in [-0.39, 0.29) is 23.7 Å². The molecule has 6 nitrogen and oxygen atoms in total. The lowest BCUT2D eigenvalue weighted by Crippen LogP contribution is -2.40. The van der Waals surface area contributed by atoms with Gasteiger partial charge >= 0.3 is 0 Å². The predicted molar refractivity (Wildman–Crippen MR) is 84.8 cm³/mol. The molecule has 1 atom stereocenters. The van der Waals surface area contributed by atoms with Crippen molar-refractivity contribution in [3.8, 4) is 5.75 Å². The fourth-order valence-electron chi connectivity index (χ4n) is 2.26. The van der Waals surface area contributed by atoms with Crippen molar-refractivity contribution in [3.63, 3.8) is 0 Å². The molecule has 1 aliphatic heterocycles. The van der Waals surface area contributed by atoms with Crippen molar-refractivity contribution < 1.29 is 19.1 Å². The molecule has 7 heteroatoms. The van der Waals surface area contributed by atoms with Crippen LogP contribution < -0.4 is 10.1 Å². The molecule has 1 aromatic rings. The molecule has 1 fully saturated rings. The molecule has 0 radical (unpaired) electrons. The number of rotatable bonds is 7. The predicted octanol–water partition coefficient (Wildman–Crippen LogP) is 1.03. The summed E-state index contributed by atoms with van der Waals surface area (Å²) in [4.78, 5) is 25.6. The Morgan fingerprint density at radius 2 is 2.18 bits per heavy atom. The van der Waals surface area contributed by atoms with Gasteiger partial charge in [0.15, 0.2) is 0 Å². The summed E-state index contributed by atoms with van der Waals surface area (Å²) in [5.74, 6) is 0.865. The first-order valence-electron chi connectivity index (χ1n) is 6.97. The lowest BCUT2D eigenvalue weighted by molar-refractivity contribution is -0.133. The van der Waals surface area contributed by atoms with Crippen molar-refractivity contribution in [2.24, 2.45) is 0 Å². The highest BCUT2D eigenvalue weighted by atomic mass is 32.2. The third-order valence-electron chi connectivity index (χ3n) is 3.32. The number of thioether (sulfide) groups is 1. The smallest absolute Gasteiger partial charge is 0.239 e. The molecule has 1 aromatic carbocycles. The number of hydrogen-bond acceptors (Lipinski definition) is 5. The summed E-state index contributed by atoms with van der Waals surface area (Å²) >= 11 is 1.50. The fourth-order valence-corrected chi connectivity index (χ4v) is 3.47. The van der Waals surface area contributed by atoms with E-state index >= 15 is 0 Å². The summed E-state index contributed by atoms with van der Waals surface area (Å²) in [5.41, 5.74) is 0.908. The van der Waals surface area contributed by atoms with Crippen molar-refractivity contribution in [3.05, 3.63) is 29.8 Å². The van der Waals surface area contributed by atoms with E-state index < -0.39 is 0 Å². The Bertz CT molecular complexity index is 538. The van der Waals surface area contributed by atoms with Crippen LogP contribution in [-0.2, 0) is 14.3 Å². The van der Waals surface area contributed by atoms with E-state index in [1.165, 1.54) is 11.8 Å². The normalized spacial score (nSPS) is 17.6. The molecular weight excluding hydrogens is 304 g/mol. The summed E-state index contributed by atoms with van der Waals surface area (Å²) in [6, 6.07) is 7.56. The zero-order valence-corrected chi connectivity index (χ0v) is 13.5. The Kier molecular flexibility index (Phi) is 6.09. The van der Waals surface area contributed by atoms with Gasteiger partial charge in [0.25, 0.3) is 0 Å². The van der Waals surface area contributed by atoms with Gasteiger partial charge in [-0.1, -0.05) is 18.2 Å². The van der Waals surface area contributed by atoms with Crippen LogP contribution in [0.1, 0.15) is 10.9 Å². The molecule has 1 heterocycles. The number of nitrogens with one attached hydrogen (secondary N) is 1. The van der Waals surface area contributed by atoms with Gasteiger partial charge in [-0.2, -0.15) is 0 Å². The van der Waals surface area contributed by atoms with Crippen LogP contribution in [0.15, 0.2) is 24.3 Å². The molecule has 2 amide bonds. The van der Waals surface area contributed by atoms with Gasteiger partial charge in [-0.05, 0) is 6.07 Å². The second kappa shape index (κ2) is 8.05. The minimum Gasteiger partial charge on any atom is -0.496 e. The van der Waals surface area contributed by atoms with E-state index in [1.807, 2.05) is 24.3 Å². The van der Waals surface area contributed by atoms with Crippen molar-refractivity contribution >= 4 is 23.6 Å². The number of nitrogens with zero attached hydrogens (tertiary/aromatic N) is 1. The van der Waals surface area contributed by atoms with Gasteiger partial charge in [0.2, 0.25) is 11.8 Å². The molecule has 120 valence electrons. The molecule has 0 aliphatic carbocycles. The maximum absolute atomic E-state index is 12.1. The molecule has 2 rings (SSSR count). The SMILES string of the molecule is COCCNC(=O)CN1C(=O)CSC1c1ccccc1OC. The van der Waals surface area contributed by atoms with E-state index in [1.54, 1.807) is 19.1 Å². The Balaban J connectivity index is 2.08. The number of methoxy groups -OCH3 is 2. The highest BCUT2D eigenvalue weighted by Crippen LogP contribution is 2.41. The first-order chi connectivity index (χ1) is 10.7. The number of carbonyl (C=O) groups excluding carboxylic acids is 2. The molecule has 0 aromatic heterocycles. The number of ether oxygens (including phenoxy) is 2. The van der Waals surface area contributed by atoms with Gasteiger partial charge in [-0.25, -0.2) is 0 Å². The molecule has 22 heavy (non-hydrogen) atoms. The molecule has 1 saturated heterocycles. The summed E-state index contributed by atoms with van der Waals surface area (Å²) < 4.78 is 10.2. The van der Waals surface area contributed by atoms with Gasteiger partial charge in [0, 0.05) is 19.2 Å². The van der Waals surface area contributed by atoms with E-state index in [0.29, 0.717) is 18.9 Å². The van der Waals surface area contributed by atoms with Crippen LogP contribution in [0.2, 0.25) is 0 Å². The molecular formula is C15H20N2O4S. The highest BCUT2D eigenvalue weighted by molar-refractivity contribution is 8.00. The average molecular weight is 324 g/mol. The molecule has 0 saturated carbocycles. The fraction of sp³-hybridized carbons (Fsp3) is 0.467. The lowest BCUT2D eigenvalue weighted by atomic mass is 10.2. The topological polar surface area (TPSA) is 67.9 Å². The standard InChI is InChI=1S/C15H20N2O4S/c1-20-8-7-16-13(18)9-17-14(19)10-22-15(17)11-5-3-4-6-12(11)21-2/h3-6,15H,7-10H2,1-2H3,(H,16,18). The Morgan fingerprint density at radius 1 is 1.41 bits per heavy atom. The van der Waals surface area contributed by atoms with Gasteiger partial charge in [0.1, 0.15) is 17.7 Å². The number of amides is 2. The molecule has 1 N–H and O–H groups in total. The third-order valence-corrected chi connectivity index (χ3v) is 4.55. The number of benzene rings is 1. The van der Waals surface area contributed by atoms with Gasteiger partial charge in [-0.15, -0.1) is 11.8 Å². The summed E-state index contributed by atoms with van der Waals surface area (Å²) in [6.07, 6.45) is 0. The monoisotopic (exact) mass is 324 g/mol. The van der Waals surface area contributed by atoms with Gasteiger partial charge in [-0.3, -0.25) is 9.59 Å². The van der Waals surface area contributed by atoms with E-state index in [4.69, 9.17) is 9.47 Å². The molecule has 1 unspecified atom stereocenters. The number of hydrogen-bond donors (Lipinski definition) is 1. The van der Waals surface area contributed by atoms with Crippen molar-refractivity contribution in [2.45, 2.75) is 5.37 Å². The van der Waals surface area contributed by atoms with Crippen LogP contribution in [0, 0.1) is 0 Å². The molecule has 1 aliphatic rings. The first-order valence-corrected chi connectivity index (χ1v) is 8.02. The first kappa shape index (κ1) is 16.6.